The molecule has 0 aliphatic rings. The molecule has 0 bridgehead atoms. The van der Waals surface area contributed by atoms with E-state index < -0.39 is 0 Å². The largest absolute Gasteiger partial charge is 0.409 e. The van der Waals surface area contributed by atoms with Crippen LogP contribution in [0.5, 0.6) is 0 Å². The monoisotopic (exact) mass is 269 g/mol. The molecule has 7 nitrogen and oxygen atoms in total. The number of amidine groups is 1. The molecule has 0 unspecified atom stereocenters. The number of nitrogens with two attached hydrogens (primary N) is 1. The van der Waals surface area contributed by atoms with Crippen molar-refractivity contribution in [3.8, 4) is 0 Å². The van der Waals surface area contributed by atoms with Crippen LogP contribution < -0.4 is 5.73 Å². The highest BCUT2D eigenvalue weighted by Gasteiger charge is 2.08. The maximum Gasteiger partial charge on any atom is 0.140 e. The molecule has 3 N–H and O–H groups in total. The van der Waals surface area contributed by atoms with E-state index in [2.05, 4.69) is 15.0 Å². The third-order valence-electron chi connectivity index (χ3n) is 3.00. The number of rotatable bonds is 9. The predicted molar refractivity (Wildman–Crippen MR) is 73.3 cm³/mol. The average Bonchev–Trinajstić information content (AvgIpc) is 2.83. The van der Waals surface area contributed by atoms with Gasteiger partial charge >= 0.3 is 0 Å². The minimum Gasteiger partial charge on any atom is -0.409 e. The Hall–Kier alpha value is -1.60. The molecule has 0 atom stereocenters. The summed E-state index contributed by atoms with van der Waals surface area (Å²) in [7, 11) is 3.67. The van der Waals surface area contributed by atoms with Gasteiger partial charge in [-0.05, 0) is 0 Å². The Balaban J connectivity index is 2.42. The first kappa shape index (κ1) is 15.5. The average molecular weight is 269 g/mol. The van der Waals surface area contributed by atoms with E-state index in [4.69, 9.17) is 15.7 Å². The molecule has 1 aromatic heterocycles. The van der Waals surface area contributed by atoms with Gasteiger partial charge in [0, 0.05) is 59.0 Å². The summed E-state index contributed by atoms with van der Waals surface area (Å²) in [5, 5.41) is 11.5. The predicted octanol–water partition coefficient (Wildman–Crippen LogP) is 0.0475. The fourth-order valence-corrected chi connectivity index (χ4v) is 1.77. The summed E-state index contributed by atoms with van der Waals surface area (Å²) in [4.78, 5) is 6.51. The number of ether oxygens (including phenoxy) is 1. The Morgan fingerprint density at radius 1 is 1.53 bits per heavy atom. The Morgan fingerprint density at radius 3 is 2.89 bits per heavy atom. The fraction of sp³-hybridized carbons (Fsp3) is 0.667. The number of aromatic nitrogens is 2. The third-order valence-corrected chi connectivity index (χ3v) is 3.00. The molecule has 0 radical (unpaired) electrons. The highest BCUT2D eigenvalue weighted by atomic mass is 16.5. The summed E-state index contributed by atoms with van der Waals surface area (Å²) in [6.45, 7) is 3.09. The first-order valence-corrected chi connectivity index (χ1v) is 6.31. The van der Waals surface area contributed by atoms with Gasteiger partial charge in [-0.15, -0.1) is 0 Å². The Bertz CT molecular complexity index is 391. The van der Waals surface area contributed by atoms with Crippen LogP contribution >= 0.6 is 0 Å². The number of nitrogens with zero attached hydrogens (tertiary/aromatic N) is 4. The van der Waals surface area contributed by atoms with Crippen LogP contribution in [0.25, 0.3) is 0 Å². The first-order chi connectivity index (χ1) is 9.17. The molecule has 7 heteroatoms. The van der Waals surface area contributed by atoms with Crippen molar-refractivity contribution in [1.29, 1.82) is 0 Å². The van der Waals surface area contributed by atoms with Gasteiger partial charge in [0.1, 0.15) is 11.7 Å². The van der Waals surface area contributed by atoms with Crippen LogP contribution in [-0.4, -0.2) is 58.8 Å². The molecule has 0 aliphatic heterocycles. The van der Waals surface area contributed by atoms with Gasteiger partial charge in [0.05, 0.1) is 6.61 Å². The van der Waals surface area contributed by atoms with Crippen molar-refractivity contribution in [3.05, 3.63) is 18.2 Å². The summed E-state index contributed by atoms with van der Waals surface area (Å²) in [5.41, 5.74) is 5.49. The molecule has 1 aromatic rings. The van der Waals surface area contributed by atoms with E-state index in [1.807, 2.05) is 17.8 Å². The van der Waals surface area contributed by atoms with E-state index >= 15 is 0 Å². The molecule has 0 aromatic carbocycles. The van der Waals surface area contributed by atoms with Gasteiger partial charge in [-0.3, -0.25) is 0 Å². The number of imidazole rings is 1. The van der Waals surface area contributed by atoms with E-state index in [1.165, 1.54) is 0 Å². The van der Waals surface area contributed by atoms with Crippen molar-refractivity contribution >= 4 is 5.84 Å². The smallest absolute Gasteiger partial charge is 0.140 e. The topological polar surface area (TPSA) is 88.9 Å². The van der Waals surface area contributed by atoms with Crippen LogP contribution in [0, 0.1) is 0 Å². The van der Waals surface area contributed by atoms with Crippen LogP contribution in [0.4, 0.5) is 0 Å². The Labute approximate surface area is 113 Å². The van der Waals surface area contributed by atoms with Crippen LogP contribution in [0.2, 0.25) is 0 Å². The molecular formula is C12H23N5O2. The lowest BCUT2D eigenvalue weighted by Crippen LogP contribution is -2.33. The van der Waals surface area contributed by atoms with Crippen molar-refractivity contribution in [2.75, 3.05) is 33.4 Å². The number of aryl methyl sites for hydroxylation is 1. The van der Waals surface area contributed by atoms with Gasteiger partial charge in [0.2, 0.25) is 0 Å². The van der Waals surface area contributed by atoms with E-state index in [0.29, 0.717) is 13.0 Å². The Kier molecular flexibility index (Phi) is 6.91. The molecule has 1 heterocycles. The normalized spacial score (nSPS) is 12.3. The summed E-state index contributed by atoms with van der Waals surface area (Å²) >= 11 is 0. The molecule has 0 saturated heterocycles. The van der Waals surface area contributed by atoms with Crippen LogP contribution in [0.1, 0.15) is 12.2 Å². The second-order valence-corrected chi connectivity index (χ2v) is 4.38. The SMILES string of the molecule is COCCN(CC/C(N)=N/O)CCc1nccn1C. The molecule has 0 fully saturated rings. The van der Waals surface area contributed by atoms with Crippen LogP contribution in [0.3, 0.4) is 0 Å². The second-order valence-electron chi connectivity index (χ2n) is 4.38. The lowest BCUT2D eigenvalue weighted by molar-refractivity contribution is 0.149. The van der Waals surface area contributed by atoms with Gasteiger partial charge in [0.25, 0.3) is 0 Å². The lowest BCUT2D eigenvalue weighted by atomic mass is 10.3. The van der Waals surface area contributed by atoms with Crippen molar-refractivity contribution < 1.29 is 9.94 Å². The third kappa shape index (κ3) is 5.71. The van der Waals surface area contributed by atoms with Crippen molar-refractivity contribution in [2.24, 2.45) is 17.9 Å². The van der Waals surface area contributed by atoms with E-state index in [9.17, 15) is 0 Å². The minimum absolute atomic E-state index is 0.249. The minimum atomic E-state index is 0.249. The first-order valence-electron chi connectivity index (χ1n) is 6.31. The van der Waals surface area contributed by atoms with Crippen molar-refractivity contribution in [2.45, 2.75) is 12.8 Å². The van der Waals surface area contributed by atoms with Gasteiger partial charge < -0.3 is 25.1 Å². The number of hydrogen-bond acceptors (Lipinski definition) is 5. The van der Waals surface area contributed by atoms with Gasteiger partial charge in [-0.25, -0.2) is 4.98 Å². The maximum absolute atomic E-state index is 8.55. The number of hydrogen-bond donors (Lipinski definition) is 2. The molecule has 108 valence electrons. The van der Waals surface area contributed by atoms with Gasteiger partial charge in [0.15, 0.2) is 0 Å². The number of methoxy groups -OCH3 is 1. The van der Waals surface area contributed by atoms with Crippen LogP contribution in [0.15, 0.2) is 17.5 Å². The van der Waals surface area contributed by atoms with E-state index in [-0.39, 0.29) is 5.84 Å². The molecule has 0 saturated carbocycles. The van der Waals surface area contributed by atoms with Crippen LogP contribution in [-0.2, 0) is 18.2 Å². The summed E-state index contributed by atoms with van der Waals surface area (Å²) in [5.74, 6) is 1.30. The summed E-state index contributed by atoms with van der Waals surface area (Å²) in [6, 6.07) is 0. The van der Waals surface area contributed by atoms with Gasteiger partial charge in [-0.2, -0.15) is 0 Å². The summed E-state index contributed by atoms with van der Waals surface area (Å²) in [6.07, 6.45) is 5.14. The molecule has 1 rings (SSSR count). The summed E-state index contributed by atoms with van der Waals surface area (Å²) < 4.78 is 7.10. The zero-order chi connectivity index (χ0) is 14.1. The second kappa shape index (κ2) is 8.49. The molecular weight excluding hydrogens is 246 g/mol. The van der Waals surface area contributed by atoms with Crippen molar-refractivity contribution in [3.63, 3.8) is 0 Å². The van der Waals surface area contributed by atoms with Crippen molar-refractivity contribution in [1.82, 2.24) is 14.5 Å². The van der Waals surface area contributed by atoms with E-state index in [0.717, 1.165) is 31.9 Å². The highest BCUT2D eigenvalue weighted by Crippen LogP contribution is 2.00. The quantitative estimate of drug-likeness (QED) is 0.286. The number of oxime groups is 1. The standard InChI is InChI=1S/C12H23N5O2/c1-16-8-5-14-12(16)4-7-17(9-10-19-2)6-3-11(13)15-18/h5,8,18H,3-4,6-7,9-10H2,1-2H3,(H2,13,15). The fourth-order valence-electron chi connectivity index (χ4n) is 1.77. The zero-order valence-corrected chi connectivity index (χ0v) is 11.6. The van der Waals surface area contributed by atoms with Gasteiger partial charge in [-0.1, -0.05) is 5.16 Å². The highest BCUT2D eigenvalue weighted by molar-refractivity contribution is 5.79. The van der Waals surface area contributed by atoms with E-state index in [1.54, 1.807) is 13.3 Å². The Morgan fingerprint density at radius 2 is 2.32 bits per heavy atom. The molecule has 0 amide bonds. The molecule has 0 aliphatic carbocycles. The molecule has 19 heavy (non-hydrogen) atoms. The maximum atomic E-state index is 8.55. The molecule has 0 spiro atoms. The zero-order valence-electron chi connectivity index (χ0n) is 11.6. The lowest BCUT2D eigenvalue weighted by Gasteiger charge is -2.21.